The first kappa shape index (κ1) is 16.3. The zero-order valence-electron chi connectivity index (χ0n) is 11.8. The van der Waals surface area contributed by atoms with Crippen LogP contribution in [-0.2, 0) is 4.79 Å². The average molecular weight is 377 g/mol. The monoisotopic (exact) mass is 376 g/mol. The number of nitrogens with zero attached hydrogens (tertiary/aromatic N) is 1. The number of nitrogens with one attached hydrogen (secondary N) is 1. The van der Waals surface area contributed by atoms with E-state index in [1.54, 1.807) is 24.3 Å². The van der Waals surface area contributed by atoms with Gasteiger partial charge in [0, 0.05) is 0 Å². The van der Waals surface area contributed by atoms with Crippen molar-refractivity contribution >= 4 is 44.9 Å². The van der Waals surface area contributed by atoms with Crippen LogP contribution in [0.15, 0.2) is 45.1 Å². The van der Waals surface area contributed by atoms with E-state index in [2.05, 4.69) is 21.2 Å². The quantitative estimate of drug-likeness (QED) is 0.618. The van der Waals surface area contributed by atoms with Gasteiger partial charge in [-0.05, 0) is 58.1 Å². The lowest BCUT2D eigenvalue weighted by Gasteiger charge is -2.10. The van der Waals surface area contributed by atoms with Gasteiger partial charge >= 0.3 is 0 Å². The molecule has 0 radical (unpaired) electrons. The molecule has 22 heavy (non-hydrogen) atoms. The molecular weight excluding hydrogens is 364 g/mol. The summed E-state index contributed by atoms with van der Waals surface area (Å²) in [5, 5.41) is 13.8. The molecule has 1 N–H and O–H groups in total. The lowest BCUT2D eigenvalue weighted by atomic mass is 10.2. The Hall–Kier alpha value is -2.10. The Bertz CT molecular complexity index is 747. The zero-order valence-corrected chi connectivity index (χ0v) is 14.2. The van der Waals surface area contributed by atoms with Crippen LogP contribution in [0.4, 0.5) is 5.69 Å². The lowest BCUT2D eigenvalue weighted by molar-refractivity contribution is -0.112. The first-order valence-corrected chi connectivity index (χ1v) is 8.20. The highest BCUT2D eigenvalue weighted by atomic mass is 79.9. The van der Waals surface area contributed by atoms with Crippen molar-refractivity contribution in [2.45, 2.75) is 6.92 Å². The van der Waals surface area contributed by atoms with Crippen LogP contribution in [0.2, 0.25) is 0 Å². The van der Waals surface area contributed by atoms with E-state index in [1.165, 1.54) is 11.3 Å². The molecule has 1 amide bonds. The van der Waals surface area contributed by atoms with Crippen LogP contribution in [0.3, 0.4) is 0 Å². The number of carbonyl (C=O) groups is 1. The highest BCUT2D eigenvalue weighted by Crippen LogP contribution is 2.25. The van der Waals surface area contributed by atoms with Crippen molar-refractivity contribution in [2.24, 2.45) is 0 Å². The number of thiophene rings is 1. The van der Waals surface area contributed by atoms with Crippen LogP contribution >= 0.6 is 27.3 Å². The Kier molecular flexibility index (Phi) is 5.75. The summed E-state index contributed by atoms with van der Waals surface area (Å²) in [7, 11) is 0. The summed E-state index contributed by atoms with van der Waals surface area (Å²) in [6.07, 6.45) is 1.56. The number of amides is 1. The third-order valence-electron chi connectivity index (χ3n) is 2.70. The highest BCUT2D eigenvalue weighted by molar-refractivity contribution is 9.11. The number of rotatable bonds is 5. The maximum Gasteiger partial charge on any atom is 0.266 e. The number of halogens is 1. The molecule has 0 fully saturated rings. The van der Waals surface area contributed by atoms with E-state index < -0.39 is 5.91 Å². The Morgan fingerprint density at radius 2 is 2.27 bits per heavy atom. The van der Waals surface area contributed by atoms with E-state index in [0.717, 1.165) is 9.35 Å². The SMILES string of the molecule is CCOc1ccccc1NC(=O)/C(C#N)=C/c1csc(Br)c1. The number of nitriles is 1. The second-order valence-electron chi connectivity index (χ2n) is 4.24. The fourth-order valence-electron chi connectivity index (χ4n) is 1.76. The second-order valence-corrected chi connectivity index (χ2v) is 6.53. The van der Waals surface area contributed by atoms with Crippen molar-refractivity contribution in [3.63, 3.8) is 0 Å². The second kappa shape index (κ2) is 7.78. The van der Waals surface area contributed by atoms with Crippen LogP contribution < -0.4 is 10.1 Å². The predicted molar refractivity (Wildman–Crippen MR) is 91.8 cm³/mol. The third-order valence-corrected chi connectivity index (χ3v) is 4.22. The molecule has 2 rings (SSSR count). The zero-order chi connectivity index (χ0) is 15.9. The molecule has 0 aliphatic heterocycles. The van der Waals surface area contributed by atoms with Crippen LogP contribution in [-0.4, -0.2) is 12.5 Å². The molecule has 0 atom stereocenters. The normalized spacial score (nSPS) is 10.9. The summed E-state index contributed by atoms with van der Waals surface area (Å²) >= 11 is 4.84. The van der Waals surface area contributed by atoms with Gasteiger partial charge in [0.15, 0.2) is 0 Å². The molecule has 0 aliphatic carbocycles. The van der Waals surface area contributed by atoms with Crippen molar-refractivity contribution in [3.8, 4) is 11.8 Å². The molecule has 0 unspecified atom stereocenters. The van der Waals surface area contributed by atoms with Crippen molar-refractivity contribution < 1.29 is 9.53 Å². The molecule has 2 aromatic rings. The molecule has 1 aromatic heterocycles. The maximum atomic E-state index is 12.2. The molecule has 0 aliphatic rings. The fourth-order valence-corrected chi connectivity index (χ4v) is 2.89. The van der Waals surface area contributed by atoms with Crippen LogP contribution in [0.25, 0.3) is 6.08 Å². The van der Waals surface area contributed by atoms with Gasteiger partial charge in [0.2, 0.25) is 0 Å². The van der Waals surface area contributed by atoms with E-state index >= 15 is 0 Å². The highest BCUT2D eigenvalue weighted by Gasteiger charge is 2.12. The van der Waals surface area contributed by atoms with Crippen molar-refractivity contribution in [3.05, 3.63) is 50.6 Å². The van der Waals surface area contributed by atoms with E-state index in [0.29, 0.717) is 18.0 Å². The maximum absolute atomic E-state index is 12.2. The molecular formula is C16H13BrN2O2S. The van der Waals surface area contributed by atoms with Crippen molar-refractivity contribution in [1.29, 1.82) is 5.26 Å². The number of anilines is 1. The topological polar surface area (TPSA) is 62.1 Å². The predicted octanol–water partition coefficient (Wildman–Crippen LogP) is 4.45. The third kappa shape index (κ3) is 4.20. The minimum absolute atomic E-state index is 0.0385. The van der Waals surface area contributed by atoms with Gasteiger partial charge in [-0.25, -0.2) is 0 Å². The van der Waals surface area contributed by atoms with Crippen molar-refractivity contribution in [2.75, 3.05) is 11.9 Å². The summed E-state index contributed by atoms with van der Waals surface area (Å²) < 4.78 is 6.39. The van der Waals surface area contributed by atoms with Gasteiger partial charge in [-0.1, -0.05) is 12.1 Å². The molecule has 112 valence electrons. The van der Waals surface area contributed by atoms with E-state index in [4.69, 9.17) is 4.74 Å². The van der Waals surface area contributed by atoms with Gasteiger partial charge in [0.05, 0.1) is 16.1 Å². The average Bonchev–Trinajstić information content (AvgIpc) is 2.92. The summed E-state index contributed by atoms with van der Waals surface area (Å²) in [6.45, 7) is 2.37. The minimum Gasteiger partial charge on any atom is -0.492 e. The number of hydrogen-bond acceptors (Lipinski definition) is 4. The van der Waals surface area contributed by atoms with Crippen LogP contribution in [0, 0.1) is 11.3 Å². The van der Waals surface area contributed by atoms with Gasteiger partial charge in [-0.3, -0.25) is 4.79 Å². The number of ether oxygens (including phenoxy) is 1. The first-order valence-electron chi connectivity index (χ1n) is 6.53. The molecule has 4 nitrogen and oxygen atoms in total. The minimum atomic E-state index is -0.461. The molecule has 0 bridgehead atoms. The Labute approximate surface area is 141 Å². The largest absolute Gasteiger partial charge is 0.492 e. The van der Waals surface area contributed by atoms with Gasteiger partial charge in [-0.2, -0.15) is 5.26 Å². The Morgan fingerprint density at radius 3 is 2.91 bits per heavy atom. The van der Waals surface area contributed by atoms with Crippen molar-refractivity contribution in [1.82, 2.24) is 0 Å². The smallest absolute Gasteiger partial charge is 0.266 e. The molecule has 1 heterocycles. The number of carbonyl (C=O) groups excluding carboxylic acids is 1. The standard InChI is InChI=1S/C16H13BrN2O2S/c1-2-21-14-6-4-3-5-13(14)19-16(20)12(9-18)7-11-8-15(17)22-10-11/h3-8,10H,2H2,1H3,(H,19,20)/b12-7+. The Morgan fingerprint density at radius 1 is 1.50 bits per heavy atom. The number of benzene rings is 1. The molecule has 1 aromatic carbocycles. The summed E-state index contributed by atoms with van der Waals surface area (Å²) in [5.74, 6) is 0.117. The number of hydrogen-bond donors (Lipinski definition) is 1. The molecule has 0 spiro atoms. The van der Waals surface area contributed by atoms with Gasteiger partial charge in [-0.15, -0.1) is 11.3 Å². The van der Waals surface area contributed by atoms with E-state index in [-0.39, 0.29) is 5.57 Å². The van der Waals surface area contributed by atoms with Gasteiger partial charge in [0.1, 0.15) is 17.4 Å². The lowest BCUT2D eigenvalue weighted by Crippen LogP contribution is -2.14. The van der Waals surface area contributed by atoms with E-state index in [1.807, 2.05) is 30.5 Å². The Balaban J connectivity index is 2.20. The van der Waals surface area contributed by atoms with E-state index in [9.17, 15) is 10.1 Å². The summed E-state index contributed by atoms with van der Waals surface area (Å²) in [4.78, 5) is 12.2. The summed E-state index contributed by atoms with van der Waals surface area (Å²) in [5.41, 5.74) is 1.39. The van der Waals surface area contributed by atoms with Gasteiger partial charge in [0.25, 0.3) is 5.91 Å². The van der Waals surface area contributed by atoms with Crippen LogP contribution in [0.1, 0.15) is 12.5 Å². The number of para-hydroxylation sites is 2. The molecule has 0 saturated heterocycles. The molecule has 6 heteroatoms. The summed E-state index contributed by atoms with van der Waals surface area (Å²) in [6, 6.07) is 10.9. The molecule has 0 saturated carbocycles. The van der Waals surface area contributed by atoms with Crippen LogP contribution in [0.5, 0.6) is 5.75 Å². The van der Waals surface area contributed by atoms with Gasteiger partial charge < -0.3 is 10.1 Å². The first-order chi connectivity index (χ1) is 10.6. The fraction of sp³-hybridized carbons (Fsp3) is 0.125.